The van der Waals surface area contributed by atoms with Crippen LogP contribution in [0.5, 0.6) is 0 Å². The Kier molecular flexibility index (Phi) is 4.90. The van der Waals surface area contributed by atoms with Crippen molar-refractivity contribution in [2.24, 2.45) is 5.41 Å². The van der Waals surface area contributed by atoms with E-state index in [0.717, 1.165) is 25.1 Å². The Hall–Kier alpha value is -0.290. The van der Waals surface area contributed by atoms with E-state index in [9.17, 15) is 4.79 Å². The highest BCUT2D eigenvalue weighted by Crippen LogP contribution is 2.37. The fourth-order valence-electron chi connectivity index (χ4n) is 2.74. The first-order valence-corrected chi connectivity index (χ1v) is 7.90. The number of rotatable bonds is 3. The number of hydrogen-bond acceptors (Lipinski definition) is 3. The van der Waals surface area contributed by atoms with Gasteiger partial charge in [-0.05, 0) is 39.9 Å². The molecule has 0 bridgehead atoms. The van der Waals surface area contributed by atoms with E-state index < -0.39 is 0 Å². The summed E-state index contributed by atoms with van der Waals surface area (Å²) in [6.07, 6.45) is 10.6. The number of aromatic nitrogens is 2. The predicted molar refractivity (Wildman–Crippen MR) is 80.2 cm³/mol. The van der Waals surface area contributed by atoms with E-state index in [0.29, 0.717) is 4.47 Å². The maximum Gasteiger partial charge on any atom is 0.267 e. The highest BCUT2D eigenvalue weighted by molar-refractivity contribution is 9.10. The van der Waals surface area contributed by atoms with Gasteiger partial charge in [0.2, 0.25) is 0 Å². The zero-order chi connectivity index (χ0) is 13.0. The van der Waals surface area contributed by atoms with Crippen LogP contribution < -0.4 is 5.56 Å². The molecule has 0 spiro atoms. The van der Waals surface area contributed by atoms with Crippen molar-refractivity contribution in [2.45, 2.75) is 45.1 Å². The SMILES string of the molecule is O=c1c(Br)cncn1CC1(CS)CCCCCC1. The van der Waals surface area contributed by atoms with Crippen molar-refractivity contribution < 1.29 is 0 Å². The van der Waals surface area contributed by atoms with Gasteiger partial charge in [-0.3, -0.25) is 9.36 Å². The van der Waals surface area contributed by atoms with Crippen molar-refractivity contribution in [1.82, 2.24) is 9.55 Å². The van der Waals surface area contributed by atoms with Gasteiger partial charge in [0.15, 0.2) is 0 Å². The molecule has 0 N–H and O–H groups in total. The number of nitrogens with zero attached hydrogens (tertiary/aromatic N) is 2. The molecule has 1 aliphatic rings. The zero-order valence-electron chi connectivity index (χ0n) is 10.4. The quantitative estimate of drug-likeness (QED) is 0.681. The summed E-state index contributed by atoms with van der Waals surface area (Å²) < 4.78 is 2.26. The summed E-state index contributed by atoms with van der Waals surface area (Å²) in [6, 6.07) is 0. The smallest absolute Gasteiger partial charge is 0.267 e. The third-order valence-electron chi connectivity index (χ3n) is 3.86. The second-order valence-electron chi connectivity index (χ2n) is 5.25. The van der Waals surface area contributed by atoms with Crippen molar-refractivity contribution in [3.8, 4) is 0 Å². The van der Waals surface area contributed by atoms with Gasteiger partial charge < -0.3 is 0 Å². The fourth-order valence-corrected chi connectivity index (χ4v) is 3.51. The summed E-state index contributed by atoms with van der Waals surface area (Å²) in [5.41, 5.74) is 0.168. The van der Waals surface area contributed by atoms with Gasteiger partial charge in [-0.2, -0.15) is 12.6 Å². The molecule has 1 saturated carbocycles. The zero-order valence-corrected chi connectivity index (χ0v) is 12.9. The average Bonchev–Trinajstić information content (AvgIpc) is 2.61. The molecule has 0 aromatic carbocycles. The van der Waals surface area contributed by atoms with Gasteiger partial charge in [-0.15, -0.1) is 0 Å². The number of halogens is 1. The van der Waals surface area contributed by atoms with Crippen LogP contribution in [0.3, 0.4) is 0 Å². The Bertz CT molecular complexity index is 453. The van der Waals surface area contributed by atoms with Crippen LogP contribution in [-0.4, -0.2) is 15.3 Å². The van der Waals surface area contributed by atoms with Crippen LogP contribution in [0.2, 0.25) is 0 Å². The van der Waals surface area contributed by atoms with E-state index in [1.165, 1.54) is 25.7 Å². The summed E-state index contributed by atoms with van der Waals surface area (Å²) in [5, 5.41) is 0. The van der Waals surface area contributed by atoms with Gasteiger partial charge in [0.05, 0.1) is 6.33 Å². The molecular weight excluding hydrogens is 312 g/mol. The summed E-state index contributed by atoms with van der Waals surface area (Å²) in [5.74, 6) is 0.839. The van der Waals surface area contributed by atoms with Crippen molar-refractivity contribution in [3.05, 3.63) is 27.4 Å². The monoisotopic (exact) mass is 330 g/mol. The van der Waals surface area contributed by atoms with E-state index in [1.54, 1.807) is 17.1 Å². The van der Waals surface area contributed by atoms with E-state index in [-0.39, 0.29) is 11.0 Å². The Morgan fingerprint density at radius 1 is 1.33 bits per heavy atom. The molecule has 18 heavy (non-hydrogen) atoms. The van der Waals surface area contributed by atoms with E-state index in [4.69, 9.17) is 0 Å². The highest BCUT2D eigenvalue weighted by atomic mass is 79.9. The number of thiol groups is 1. The lowest BCUT2D eigenvalue weighted by Gasteiger charge is -2.31. The molecule has 5 heteroatoms. The summed E-state index contributed by atoms with van der Waals surface area (Å²) in [4.78, 5) is 16.1. The molecule has 1 aromatic heterocycles. The van der Waals surface area contributed by atoms with E-state index >= 15 is 0 Å². The van der Waals surface area contributed by atoms with Crippen LogP contribution in [0.25, 0.3) is 0 Å². The predicted octanol–water partition coefficient (Wildman–Crippen LogP) is 3.28. The molecule has 0 aliphatic heterocycles. The van der Waals surface area contributed by atoms with E-state index in [2.05, 4.69) is 33.5 Å². The minimum Gasteiger partial charge on any atom is -0.298 e. The van der Waals surface area contributed by atoms with Crippen molar-refractivity contribution >= 4 is 28.6 Å². The molecule has 1 aliphatic carbocycles. The van der Waals surface area contributed by atoms with Gasteiger partial charge >= 0.3 is 0 Å². The molecular formula is C13H19BrN2OS. The van der Waals surface area contributed by atoms with Crippen LogP contribution >= 0.6 is 28.6 Å². The van der Waals surface area contributed by atoms with Crippen molar-refractivity contribution in [3.63, 3.8) is 0 Å². The third-order valence-corrected chi connectivity index (χ3v) is 5.08. The summed E-state index contributed by atoms with van der Waals surface area (Å²) in [7, 11) is 0. The van der Waals surface area contributed by atoms with Gasteiger partial charge in [0.1, 0.15) is 4.47 Å². The lowest BCUT2D eigenvalue weighted by Crippen LogP contribution is -2.34. The molecule has 0 atom stereocenters. The van der Waals surface area contributed by atoms with Crippen molar-refractivity contribution in [1.29, 1.82) is 0 Å². The average molecular weight is 331 g/mol. The molecule has 0 amide bonds. The molecule has 0 unspecified atom stereocenters. The van der Waals surface area contributed by atoms with Gasteiger partial charge in [0.25, 0.3) is 5.56 Å². The first kappa shape index (κ1) is 14.1. The van der Waals surface area contributed by atoms with Crippen molar-refractivity contribution in [2.75, 3.05) is 5.75 Å². The molecule has 0 radical (unpaired) electrons. The van der Waals surface area contributed by atoms with Crippen LogP contribution in [0, 0.1) is 5.41 Å². The van der Waals surface area contributed by atoms with Crippen LogP contribution in [0.15, 0.2) is 21.8 Å². The second-order valence-corrected chi connectivity index (χ2v) is 6.42. The first-order valence-electron chi connectivity index (χ1n) is 6.48. The molecule has 1 fully saturated rings. The Morgan fingerprint density at radius 2 is 2.00 bits per heavy atom. The van der Waals surface area contributed by atoms with Gasteiger partial charge in [0, 0.05) is 12.7 Å². The standard InChI is InChI=1S/C13H19BrN2OS/c14-11-7-15-10-16(12(11)17)8-13(9-18)5-3-1-2-4-6-13/h7,10,18H,1-6,8-9H2. The molecule has 100 valence electrons. The van der Waals surface area contributed by atoms with Crippen LogP contribution in [0.4, 0.5) is 0 Å². The minimum atomic E-state index is 0.00963. The topological polar surface area (TPSA) is 34.9 Å². The Balaban J connectivity index is 2.23. The minimum absolute atomic E-state index is 0.00963. The molecule has 3 nitrogen and oxygen atoms in total. The normalized spacial score (nSPS) is 19.4. The lowest BCUT2D eigenvalue weighted by atomic mass is 9.82. The van der Waals surface area contributed by atoms with Crippen LogP contribution in [0.1, 0.15) is 38.5 Å². The highest BCUT2D eigenvalue weighted by Gasteiger charge is 2.30. The maximum absolute atomic E-state index is 12.0. The van der Waals surface area contributed by atoms with Gasteiger partial charge in [-0.1, -0.05) is 25.7 Å². The summed E-state index contributed by atoms with van der Waals surface area (Å²) >= 11 is 7.79. The van der Waals surface area contributed by atoms with Gasteiger partial charge in [-0.25, -0.2) is 4.98 Å². The third kappa shape index (κ3) is 3.18. The first-order chi connectivity index (χ1) is 8.67. The fraction of sp³-hybridized carbons (Fsp3) is 0.692. The molecule has 1 aromatic rings. The summed E-state index contributed by atoms with van der Waals surface area (Å²) in [6.45, 7) is 0.738. The Labute approximate surface area is 122 Å². The largest absolute Gasteiger partial charge is 0.298 e. The molecule has 1 heterocycles. The Morgan fingerprint density at radius 3 is 2.61 bits per heavy atom. The molecule has 0 saturated heterocycles. The maximum atomic E-state index is 12.0. The van der Waals surface area contributed by atoms with E-state index in [1.807, 2.05) is 0 Å². The lowest BCUT2D eigenvalue weighted by molar-refractivity contribution is 0.237. The van der Waals surface area contributed by atoms with Crippen LogP contribution in [-0.2, 0) is 6.54 Å². The molecule has 2 rings (SSSR count). The second kappa shape index (κ2) is 6.24. The number of hydrogen-bond donors (Lipinski definition) is 1.